The lowest BCUT2D eigenvalue weighted by atomic mass is 9.83. The van der Waals surface area contributed by atoms with E-state index in [1.807, 2.05) is 0 Å². The fourth-order valence-electron chi connectivity index (χ4n) is 5.71. The predicted molar refractivity (Wildman–Crippen MR) is 175 cm³/mol. The van der Waals surface area contributed by atoms with E-state index in [0.29, 0.717) is 27.0 Å². The van der Waals surface area contributed by atoms with Crippen molar-refractivity contribution in [2.45, 2.75) is 27.6 Å². The number of rotatable bonds is 9. The van der Waals surface area contributed by atoms with Crippen LogP contribution in [0.15, 0.2) is 81.4 Å². The summed E-state index contributed by atoms with van der Waals surface area (Å²) in [4.78, 5) is 66.1. The number of imide groups is 1. The zero-order valence-corrected chi connectivity index (χ0v) is 27.5. The van der Waals surface area contributed by atoms with Gasteiger partial charge in [0.1, 0.15) is 11.8 Å². The lowest BCUT2D eigenvalue weighted by Crippen LogP contribution is -2.33. The number of ether oxygens (including phenoxy) is 2. The quantitative estimate of drug-likeness (QED) is 0.146. The molecule has 0 spiro atoms. The number of nitro groups is 1. The largest absolute Gasteiger partial charge is 0.493 e. The summed E-state index contributed by atoms with van der Waals surface area (Å²) in [5.74, 6) is -2.74. The van der Waals surface area contributed by atoms with Gasteiger partial charge in [0.25, 0.3) is 5.69 Å². The van der Waals surface area contributed by atoms with Crippen LogP contribution in [0.25, 0.3) is 0 Å². The van der Waals surface area contributed by atoms with Crippen LogP contribution in [0.2, 0.25) is 0 Å². The first-order chi connectivity index (χ1) is 22.8. The number of nitro benzene ring substituents is 1. The number of non-ortho nitro benzene ring substituents is 1. The molecule has 1 saturated heterocycles. The van der Waals surface area contributed by atoms with Gasteiger partial charge in [-0.15, -0.1) is 0 Å². The van der Waals surface area contributed by atoms with Crippen molar-refractivity contribution >= 4 is 67.9 Å². The van der Waals surface area contributed by atoms with Crippen molar-refractivity contribution in [3.05, 3.63) is 97.0 Å². The molecule has 1 aromatic heterocycles. The van der Waals surface area contributed by atoms with E-state index in [4.69, 9.17) is 14.6 Å². The molecular weight excluding hydrogens is 687 g/mol. The summed E-state index contributed by atoms with van der Waals surface area (Å²) >= 11 is 1.85. The number of carbonyl (C=O) groups is 3. The highest BCUT2D eigenvalue weighted by molar-refractivity contribution is 8.00. The van der Waals surface area contributed by atoms with Gasteiger partial charge in [0, 0.05) is 28.6 Å². The van der Waals surface area contributed by atoms with Crippen molar-refractivity contribution in [2.24, 2.45) is 11.1 Å². The Morgan fingerprint density at radius 3 is 2.25 bits per heavy atom. The van der Waals surface area contributed by atoms with E-state index in [-0.39, 0.29) is 22.0 Å². The molecule has 3 amide bonds. The van der Waals surface area contributed by atoms with Gasteiger partial charge in [0.15, 0.2) is 11.5 Å². The maximum atomic E-state index is 14.1. The second-order valence-electron chi connectivity index (χ2n) is 10.7. The molecule has 0 saturated carbocycles. The summed E-state index contributed by atoms with van der Waals surface area (Å²) in [7, 11) is -1.03. The molecule has 2 unspecified atom stereocenters. The Kier molecular flexibility index (Phi) is 8.58. The number of sulfonamides is 1. The number of nitrogens with two attached hydrogens (primary N) is 1. The molecule has 3 aromatic carbocycles. The van der Waals surface area contributed by atoms with E-state index in [2.05, 4.69) is 5.32 Å². The highest BCUT2D eigenvalue weighted by Crippen LogP contribution is 2.54. The second kappa shape index (κ2) is 12.5. The number of benzene rings is 3. The maximum absolute atomic E-state index is 14.1. The third-order valence-corrected chi connectivity index (χ3v) is 11.4. The third-order valence-electron chi connectivity index (χ3n) is 7.90. The first-order valence-electron chi connectivity index (χ1n) is 14.0. The summed E-state index contributed by atoms with van der Waals surface area (Å²) in [6.45, 7) is -0.446. The number of nitrogens with zero attached hydrogens (tertiary/aromatic N) is 3. The Labute approximate surface area is 280 Å². The molecule has 3 atom stereocenters. The number of hydrogen-bond acceptors (Lipinski definition) is 12. The zero-order valence-electron chi connectivity index (χ0n) is 25.0. The van der Waals surface area contributed by atoms with Crippen molar-refractivity contribution < 1.29 is 37.2 Å². The minimum Gasteiger partial charge on any atom is -0.493 e. The molecule has 0 aliphatic carbocycles. The second-order valence-corrected chi connectivity index (χ2v) is 14.4. The summed E-state index contributed by atoms with van der Waals surface area (Å²) in [6, 6.07) is 15.2. The van der Waals surface area contributed by atoms with Gasteiger partial charge in [0.05, 0.1) is 40.7 Å². The minimum atomic E-state index is -3.94. The third kappa shape index (κ3) is 5.83. The average Bonchev–Trinajstić information content (AvgIpc) is 3.50. The van der Waals surface area contributed by atoms with Crippen LogP contribution in [0.3, 0.4) is 0 Å². The molecule has 48 heavy (non-hydrogen) atoms. The number of primary sulfonamides is 1. The Hall–Kier alpha value is -5.04. The standard InChI is InChI=1S/C30H25N5O10S3/c1-44-20-12-3-15(13-21(20)45-2)23-24-25(28(38)34(27(24)37)17-6-8-18(9-7-17)35(40)41)46-29-26(23)47-30(39)33(29)14-22(36)32-16-4-10-19(11-5-16)48(31,42)43/h3-13,23-25H,14H2,1-2H3,(H,32,36)(H2,31,42,43)/t23-,24?,25?/m1/s1. The lowest BCUT2D eigenvalue weighted by molar-refractivity contribution is -0.384. The molecule has 0 radical (unpaired) electrons. The molecule has 4 aromatic rings. The highest BCUT2D eigenvalue weighted by atomic mass is 32.2. The van der Waals surface area contributed by atoms with Crippen molar-refractivity contribution in [3.63, 3.8) is 0 Å². The molecule has 248 valence electrons. The smallest absolute Gasteiger partial charge is 0.308 e. The van der Waals surface area contributed by atoms with E-state index >= 15 is 0 Å². The van der Waals surface area contributed by atoms with Crippen molar-refractivity contribution in [1.29, 1.82) is 0 Å². The Morgan fingerprint density at radius 2 is 1.65 bits per heavy atom. The van der Waals surface area contributed by atoms with Crippen LogP contribution in [0, 0.1) is 16.0 Å². The summed E-state index contributed by atoms with van der Waals surface area (Å²) < 4.78 is 35.3. The van der Waals surface area contributed by atoms with Gasteiger partial charge in [-0.05, 0) is 54.1 Å². The zero-order chi connectivity index (χ0) is 34.5. The fourth-order valence-corrected chi connectivity index (χ4v) is 9.00. The lowest BCUT2D eigenvalue weighted by Gasteiger charge is -2.31. The molecule has 3 N–H and O–H groups in total. The van der Waals surface area contributed by atoms with E-state index in [1.54, 1.807) is 18.2 Å². The van der Waals surface area contributed by atoms with E-state index in [1.165, 1.54) is 67.3 Å². The van der Waals surface area contributed by atoms with Crippen LogP contribution in [0.4, 0.5) is 17.1 Å². The Bertz CT molecular complexity index is 2150. The minimum absolute atomic E-state index is 0.144. The van der Waals surface area contributed by atoms with Crippen molar-refractivity contribution in [2.75, 3.05) is 24.4 Å². The normalized spacial score (nSPS) is 18.6. The van der Waals surface area contributed by atoms with Crippen LogP contribution in [-0.2, 0) is 31.0 Å². The van der Waals surface area contributed by atoms with Crippen LogP contribution >= 0.6 is 23.1 Å². The molecule has 15 nitrogen and oxygen atoms in total. The number of thioether (sulfide) groups is 1. The number of carbonyl (C=O) groups excluding carboxylic acids is 3. The molecule has 1 fully saturated rings. The summed E-state index contributed by atoms with van der Waals surface area (Å²) in [5.41, 5.74) is 0.766. The number of fused-ring (bicyclic) bond motifs is 2. The van der Waals surface area contributed by atoms with Gasteiger partial charge in [0.2, 0.25) is 27.7 Å². The topological polar surface area (TPSA) is 210 Å². The molecule has 2 aliphatic rings. The first kappa shape index (κ1) is 32.9. The molecular formula is C30H25N5O10S3. The van der Waals surface area contributed by atoms with Crippen LogP contribution in [-0.4, -0.2) is 55.1 Å². The Morgan fingerprint density at radius 1 is 0.979 bits per heavy atom. The summed E-state index contributed by atoms with van der Waals surface area (Å²) in [5, 5.41) is 18.3. The maximum Gasteiger partial charge on any atom is 0.308 e. The number of aromatic nitrogens is 1. The SMILES string of the molecule is COc1ccc([C@H]2c3sc(=O)n(CC(=O)Nc4ccc(S(N)(=O)=O)cc4)c3SC3C(=O)N(c4ccc([N+](=O)[O-])cc4)C(=O)C32)cc1OC. The number of hydrogen-bond donors (Lipinski definition) is 2. The molecule has 6 rings (SSSR count). The number of nitrogens with one attached hydrogen (secondary N) is 1. The van der Waals surface area contributed by atoms with Gasteiger partial charge in [-0.2, -0.15) is 0 Å². The molecule has 2 aliphatic heterocycles. The van der Waals surface area contributed by atoms with Gasteiger partial charge in [-0.1, -0.05) is 29.2 Å². The van der Waals surface area contributed by atoms with Crippen LogP contribution in [0.1, 0.15) is 16.4 Å². The van der Waals surface area contributed by atoms with E-state index < -0.39 is 61.2 Å². The molecule has 3 heterocycles. The average molecular weight is 712 g/mol. The predicted octanol–water partition coefficient (Wildman–Crippen LogP) is 2.92. The van der Waals surface area contributed by atoms with E-state index in [9.17, 15) is 37.7 Å². The van der Waals surface area contributed by atoms with Gasteiger partial charge in [-0.3, -0.25) is 33.9 Å². The Balaban J connectivity index is 1.39. The molecule has 18 heteroatoms. The fraction of sp³-hybridized carbons (Fsp3) is 0.200. The summed E-state index contributed by atoms with van der Waals surface area (Å²) in [6.07, 6.45) is 0. The van der Waals surface area contributed by atoms with Crippen molar-refractivity contribution in [1.82, 2.24) is 4.57 Å². The monoisotopic (exact) mass is 711 g/mol. The highest BCUT2D eigenvalue weighted by Gasteiger charge is 2.57. The first-order valence-corrected chi connectivity index (χ1v) is 17.2. The van der Waals surface area contributed by atoms with E-state index in [0.717, 1.165) is 28.0 Å². The van der Waals surface area contributed by atoms with Gasteiger partial charge >= 0.3 is 4.87 Å². The number of thiazole rings is 1. The van der Waals surface area contributed by atoms with Crippen LogP contribution in [0.5, 0.6) is 11.5 Å². The number of amides is 3. The van der Waals surface area contributed by atoms with Crippen molar-refractivity contribution in [3.8, 4) is 11.5 Å². The van der Waals surface area contributed by atoms with Crippen LogP contribution < -0.4 is 29.7 Å². The molecule has 0 bridgehead atoms. The van der Waals surface area contributed by atoms with Gasteiger partial charge < -0.3 is 14.8 Å². The number of methoxy groups -OCH3 is 2. The van der Waals surface area contributed by atoms with Gasteiger partial charge in [-0.25, -0.2) is 18.5 Å². The number of anilines is 2.